The van der Waals surface area contributed by atoms with Crippen molar-refractivity contribution < 1.29 is 23.9 Å². The van der Waals surface area contributed by atoms with Crippen LogP contribution in [0.25, 0.3) is 0 Å². The minimum Gasteiger partial charge on any atom is -0.494 e. The van der Waals surface area contributed by atoms with Crippen molar-refractivity contribution in [3.63, 3.8) is 0 Å². The number of ether oxygens (including phenoxy) is 1. The van der Waals surface area contributed by atoms with Gasteiger partial charge in [-0.05, 0) is 51.8 Å². The van der Waals surface area contributed by atoms with Crippen molar-refractivity contribution in [3.8, 4) is 5.75 Å². The molecule has 1 unspecified atom stereocenters. The molecule has 1 saturated heterocycles. The van der Waals surface area contributed by atoms with Gasteiger partial charge in [-0.25, -0.2) is 0 Å². The van der Waals surface area contributed by atoms with Gasteiger partial charge < -0.3 is 19.2 Å². The summed E-state index contributed by atoms with van der Waals surface area (Å²) in [4.78, 5) is 11.4. The maximum absolute atomic E-state index is 11.4. The summed E-state index contributed by atoms with van der Waals surface area (Å²) in [5, 5.41) is 9.37. The average Bonchev–Trinajstić information content (AvgIpc) is 2.80. The molecule has 1 aliphatic heterocycles. The monoisotopic (exact) mass is 376 g/mol. The zero-order chi connectivity index (χ0) is 20.1. The lowest BCUT2D eigenvalue weighted by atomic mass is 9.66. The van der Waals surface area contributed by atoms with Gasteiger partial charge in [0, 0.05) is 5.82 Å². The molecule has 1 N–H and O–H groups in total. The van der Waals surface area contributed by atoms with Crippen LogP contribution in [0.5, 0.6) is 5.75 Å². The molecule has 1 aromatic carbocycles. The summed E-state index contributed by atoms with van der Waals surface area (Å²) in [6.45, 7) is 10.8. The molecule has 0 aromatic heterocycles. The molecule has 6 heteroatoms. The Balaban J connectivity index is 2.05. The highest BCUT2D eigenvalue weighted by Gasteiger charge is 2.54. The molecule has 0 radical (unpaired) electrons. The van der Waals surface area contributed by atoms with Crippen LogP contribution >= 0.6 is 0 Å². The van der Waals surface area contributed by atoms with Crippen LogP contribution in [-0.4, -0.2) is 36.0 Å². The molecule has 1 atom stereocenters. The summed E-state index contributed by atoms with van der Waals surface area (Å²) < 4.78 is 18.0. The van der Waals surface area contributed by atoms with E-state index in [1.54, 1.807) is 0 Å². The van der Waals surface area contributed by atoms with Crippen LogP contribution in [0, 0.1) is 0 Å². The van der Waals surface area contributed by atoms with Crippen molar-refractivity contribution in [2.24, 2.45) is 0 Å². The first-order valence-corrected chi connectivity index (χ1v) is 9.96. The van der Waals surface area contributed by atoms with E-state index in [0.29, 0.717) is 6.61 Å². The summed E-state index contributed by atoms with van der Waals surface area (Å²) in [7, 11) is -0.591. The lowest BCUT2D eigenvalue weighted by Crippen LogP contribution is -2.41. The standard InChI is InChI=1S/C21H33BO5/c1-6-7-8-9-14-25-17-12-10-16(11-13-17)18(15-19(23)24)22-26-20(2,3)21(4,5)27-22/h10-13,18H,6-9,14-15H2,1-5H3,(H,23,24). The molecule has 1 heterocycles. The lowest BCUT2D eigenvalue weighted by Gasteiger charge is -2.32. The highest BCUT2D eigenvalue weighted by Crippen LogP contribution is 2.41. The Morgan fingerprint density at radius 1 is 1.07 bits per heavy atom. The summed E-state index contributed by atoms with van der Waals surface area (Å²) in [5.41, 5.74) is -0.0967. The molecule has 1 aromatic rings. The third-order valence-corrected chi connectivity index (χ3v) is 5.57. The van der Waals surface area contributed by atoms with E-state index < -0.39 is 24.3 Å². The fourth-order valence-electron chi connectivity index (χ4n) is 3.14. The van der Waals surface area contributed by atoms with E-state index in [9.17, 15) is 9.90 Å². The van der Waals surface area contributed by atoms with Crippen LogP contribution in [0.4, 0.5) is 0 Å². The van der Waals surface area contributed by atoms with E-state index in [1.165, 1.54) is 19.3 Å². The van der Waals surface area contributed by atoms with Crippen molar-refractivity contribution in [3.05, 3.63) is 29.8 Å². The maximum Gasteiger partial charge on any atom is 0.466 e. The first-order chi connectivity index (χ1) is 12.7. The molecule has 0 aliphatic carbocycles. The topological polar surface area (TPSA) is 65.0 Å². The summed E-state index contributed by atoms with van der Waals surface area (Å²) in [5.74, 6) is -0.439. The fourth-order valence-corrected chi connectivity index (χ4v) is 3.14. The van der Waals surface area contributed by atoms with Gasteiger partial charge in [-0.3, -0.25) is 4.79 Å². The summed E-state index contributed by atoms with van der Waals surface area (Å²) in [6, 6.07) is 7.63. The summed E-state index contributed by atoms with van der Waals surface area (Å²) >= 11 is 0. The molecule has 1 fully saturated rings. The Kier molecular flexibility index (Phi) is 7.35. The third kappa shape index (κ3) is 5.72. The first kappa shape index (κ1) is 21.8. The molecular formula is C21H33BO5. The van der Waals surface area contributed by atoms with Gasteiger partial charge >= 0.3 is 13.1 Å². The number of carbonyl (C=O) groups is 1. The zero-order valence-corrected chi connectivity index (χ0v) is 17.3. The van der Waals surface area contributed by atoms with Crippen LogP contribution in [0.15, 0.2) is 24.3 Å². The number of unbranched alkanes of at least 4 members (excludes halogenated alkanes) is 3. The number of carboxylic acids is 1. The molecule has 0 spiro atoms. The van der Waals surface area contributed by atoms with Gasteiger partial charge in [-0.1, -0.05) is 38.3 Å². The summed E-state index contributed by atoms with van der Waals surface area (Å²) in [6.07, 6.45) is 4.61. The van der Waals surface area contributed by atoms with E-state index in [4.69, 9.17) is 14.0 Å². The minimum atomic E-state index is -0.869. The van der Waals surface area contributed by atoms with Crippen molar-refractivity contribution in [1.82, 2.24) is 0 Å². The molecule has 150 valence electrons. The van der Waals surface area contributed by atoms with Gasteiger partial charge in [0.1, 0.15) is 5.75 Å². The molecule has 2 rings (SSSR count). The zero-order valence-electron chi connectivity index (χ0n) is 17.3. The highest BCUT2D eigenvalue weighted by atomic mass is 16.7. The van der Waals surface area contributed by atoms with Gasteiger partial charge in [-0.2, -0.15) is 0 Å². The second-order valence-corrected chi connectivity index (χ2v) is 8.31. The first-order valence-electron chi connectivity index (χ1n) is 9.96. The molecule has 5 nitrogen and oxygen atoms in total. The smallest absolute Gasteiger partial charge is 0.466 e. The Labute approximate surface area is 163 Å². The predicted octanol–water partition coefficient (Wildman–Crippen LogP) is 4.84. The molecule has 1 aliphatic rings. The number of rotatable bonds is 10. The number of aliphatic carboxylic acids is 1. The largest absolute Gasteiger partial charge is 0.494 e. The van der Waals surface area contributed by atoms with Crippen LogP contribution in [0.1, 0.15) is 78.1 Å². The Morgan fingerprint density at radius 2 is 1.67 bits per heavy atom. The van der Waals surface area contributed by atoms with Gasteiger partial charge in [0.2, 0.25) is 0 Å². The Morgan fingerprint density at radius 3 is 2.19 bits per heavy atom. The SMILES string of the molecule is CCCCCCOc1ccc(C(CC(=O)O)B2OC(C)(C)C(C)(C)O2)cc1. The highest BCUT2D eigenvalue weighted by molar-refractivity contribution is 6.48. The average molecular weight is 376 g/mol. The van der Waals surface area contributed by atoms with E-state index in [-0.39, 0.29) is 12.2 Å². The second kappa shape index (κ2) is 9.11. The normalized spacial score (nSPS) is 19.1. The van der Waals surface area contributed by atoms with Crippen LogP contribution in [0.2, 0.25) is 0 Å². The minimum absolute atomic E-state index is 0.0476. The number of carboxylic acid groups (broad SMARTS) is 1. The molecule has 0 saturated carbocycles. The van der Waals surface area contributed by atoms with Crippen LogP contribution in [-0.2, 0) is 14.1 Å². The van der Waals surface area contributed by atoms with Crippen molar-refractivity contribution in [2.45, 2.75) is 83.7 Å². The van der Waals surface area contributed by atoms with Crippen molar-refractivity contribution in [1.29, 1.82) is 0 Å². The second-order valence-electron chi connectivity index (χ2n) is 8.31. The number of hydrogen-bond donors (Lipinski definition) is 1. The number of benzene rings is 1. The van der Waals surface area contributed by atoms with Crippen LogP contribution < -0.4 is 4.74 Å². The van der Waals surface area contributed by atoms with E-state index in [1.807, 2.05) is 52.0 Å². The third-order valence-electron chi connectivity index (χ3n) is 5.57. The quantitative estimate of drug-likeness (QED) is 0.468. The number of hydrogen-bond acceptors (Lipinski definition) is 4. The lowest BCUT2D eigenvalue weighted by molar-refractivity contribution is -0.137. The van der Waals surface area contributed by atoms with E-state index in [0.717, 1.165) is 17.7 Å². The molecule has 0 amide bonds. The van der Waals surface area contributed by atoms with Crippen LogP contribution in [0.3, 0.4) is 0 Å². The van der Waals surface area contributed by atoms with Gasteiger partial charge in [-0.15, -0.1) is 0 Å². The molecule has 27 heavy (non-hydrogen) atoms. The van der Waals surface area contributed by atoms with Gasteiger partial charge in [0.15, 0.2) is 0 Å². The predicted molar refractivity (Wildman–Crippen MR) is 107 cm³/mol. The molecule has 0 bridgehead atoms. The Bertz CT molecular complexity index is 596. The fraction of sp³-hybridized carbons (Fsp3) is 0.667. The maximum atomic E-state index is 11.4. The van der Waals surface area contributed by atoms with Gasteiger partial charge in [0.05, 0.1) is 24.2 Å². The van der Waals surface area contributed by atoms with Crippen molar-refractivity contribution >= 4 is 13.1 Å². The Hall–Kier alpha value is -1.53. The molecular weight excluding hydrogens is 343 g/mol. The van der Waals surface area contributed by atoms with Crippen molar-refractivity contribution in [2.75, 3.05) is 6.61 Å². The van der Waals surface area contributed by atoms with E-state index >= 15 is 0 Å². The van der Waals surface area contributed by atoms with E-state index in [2.05, 4.69) is 6.92 Å². The van der Waals surface area contributed by atoms with Gasteiger partial charge in [0.25, 0.3) is 0 Å².